The molecule has 0 aliphatic carbocycles. The average Bonchev–Trinajstić information content (AvgIpc) is 3.08. The van der Waals surface area contributed by atoms with Gasteiger partial charge in [0.15, 0.2) is 11.1 Å². The number of methoxy groups -OCH3 is 1. The van der Waals surface area contributed by atoms with Gasteiger partial charge in [-0.3, -0.25) is 4.99 Å². The molecular formula is C18H28IN5OS. The molecule has 6 nitrogen and oxygen atoms in total. The number of hydrogen-bond acceptors (Lipinski definition) is 5. The van der Waals surface area contributed by atoms with Gasteiger partial charge in [0, 0.05) is 33.1 Å². The van der Waals surface area contributed by atoms with Crippen LogP contribution in [0.1, 0.15) is 16.8 Å². The zero-order chi connectivity index (χ0) is 18.2. The Morgan fingerprint density at radius 1 is 1.31 bits per heavy atom. The molecule has 0 atom stereocenters. The third-order valence-corrected chi connectivity index (χ3v) is 4.82. The number of nitrogens with one attached hydrogen (secondary N) is 2. The molecule has 0 saturated carbocycles. The number of hydrogen-bond donors (Lipinski definition) is 2. The Morgan fingerprint density at radius 2 is 2.08 bits per heavy atom. The first kappa shape index (κ1) is 22.5. The maximum atomic E-state index is 5.37. The van der Waals surface area contributed by atoms with E-state index in [2.05, 4.69) is 44.2 Å². The van der Waals surface area contributed by atoms with Crippen LogP contribution in [-0.4, -0.2) is 45.7 Å². The summed E-state index contributed by atoms with van der Waals surface area (Å²) >= 11 is 1.64. The van der Waals surface area contributed by atoms with E-state index in [1.807, 2.05) is 25.9 Å². The molecule has 1 aromatic heterocycles. The van der Waals surface area contributed by atoms with E-state index in [1.54, 1.807) is 25.5 Å². The van der Waals surface area contributed by atoms with Gasteiger partial charge in [-0.05, 0) is 30.5 Å². The standard InChI is InChI=1S/C18H27N5OS.HI/c1-13-6-7-14(10-16(13)24-5)8-9-20-17(19-2)21-11-15-12-25-18(22-15)23(3)4;/h6-7,10,12H,8-9,11H2,1-5H3,(H2,19,20,21);1H. The topological polar surface area (TPSA) is 61.8 Å². The Labute approximate surface area is 177 Å². The number of benzene rings is 1. The second-order valence-electron chi connectivity index (χ2n) is 5.92. The lowest BCUT2D eigenvalue weighted by atomic mass is 10.1. The minimum Gasteiger partial charge on any atom is -0.496 e. The Hall–Kier alpha value is -1.55. The highest BCUT2D eigenvalue weighted by molar-refractivity contribution is 14.0. The molecule has 0 saturated heterocycles. The van der Waals surface area contributed by atoms with Gasteiger partial charge in [0.1, 0.15) is 5.75 Å². The highest BCUT2D eigenvalue weighted by Crippen LogP contribution is 2.19. The molecule has 2 N–H and O–H groups in total. The lowest BCUT2D eigenvalue weighted by molar-refractivity contribution is 0.411. The molecule has 0 aliphatic rings. The van der Waals surface area contributed by atoms with Gasteiger partial charge in [-0.1, -0.05) is 12.1 Å². The number of rotatable bonds is 7. The molecule has 2 rings (SSSR count). The van der Waals surface area contributed by atoms with E-state index < -0.39 is 0 Å². The lowest BCUT2D eigenvalue weighted by Gasteiger charge is -2.12. The van der Waals surface area contributed by atoms with Crippen molar-refractivity contribution in [2.24, 2.45) is 4.99 Å². The van der Waals surface area contributed by atoms with Crippen molar-refractivity contribution >= 4 is 46.4 Å². The highest BCUT2D eigenvalue weighted by Gasteiger charge is 2.05. The number of ether oxygens (including phenoxy) is 1. The number of nitrogens with zero attached hydrogens (tertiary/aromatic N) is 3. The van der Waals surface area contributed by atoms with Crippen LogP contribution in [-0.2, 0) is 13.0 Å². The molecule has 144 valence electrons. The Balaban J connectivity index is 0.00000338. The van der Waals surface area contributed by atoms with E-state index in [0.29, 0.717) is 6.54 Å². The second-order valence-corrected chi connectivity index (χ2v) is 6.76. The maximum Gasteiger partial charge on any atom is 0.191 e. The molecule has 0 unspecified atom stereocenters. The van der Waals surface area contributed by atoms with Crippen molar-refractivity contribution in [2.45, 2.75) is 19.9 Å². The quantitative estimate of drug-likeness (QED) is 0.356. The molecule has 0 bridgehead atoms. The zero-order valence-electron chi connectivity index (χ0n) is 16.0. The second kappa shape index (κ2) is 11.2. The fourth-order valence-electron chi connectivity index (χ4n) is 2.32. The molecule has 0 spiro atoms. The van der Waals surface area contributed by atoms with Crippen LogP contribution in [0.15, 0.2) is 28.6 Å². The zero-order valence-corrected chi connectivity index (χ0v) is 19.1. The summed E-state index contributed by atoms with van der Waals surface area (Å²) in [5.74, 6) is 1.71. The van der Waals surface area contributed by atoms with E-state index in [1.165, 1.54) is 5.56 Å². The van der Waals surface area contributed by atoms with Gasteiger partial charge in [-0.25, -0.2) is 4.98 Å². The van der Waals surface area contributed by atoms with Crippen LogP contribution in [0.25, 0.3) is 0 Å². The summed E-state index contributed by atoms with van der Waals surface area (Å²) in [6.45, 7) is 3.50. The first-order chi connectivity index (χ1) is 12.0. The van der Waals surface area contributed by atoms with Gasteiger partial charge in [-0.2, -0.15) is 0 Å². The van der Waals surface area contributed by atoms with Crippen LogP contribution in [0.2, 0.25) is 0 Å². The van der Waals surface area contributed by atoms with Gasteiger partial charge in [0.25, 0.3) is 0 Å². The number of guanidine groups is 1. The summed E-state index contributed by atoms with van der Waals surface area (Å²) in [4.78, 5) is 10.8. The normalized spacial score (nSPS) is 10.9. The lowest BCUT2D eigenvalue weighted by Crippen LogP contribution is -2.37. The van der Waals surface area contributed by atoms with Crippen LogP contribution < -0.4 is 20.3 Å². The summed E-state index contributed by atoms with van der Waals surface area (Å²) in [7, 11) is 7.47. The average molecular weight is 489 g/mol. The number of aliphatic imine (C=N–C) groups is 1. The summed E-state index contributed by atoms with van der Waals surface area (Å²) in [5, 5.41) is 9.70. The maximum absolute atomic E-state index is 5.37. The monoisotopic (exact) mass is 489 g/mol. The SMILES string of the molecule is CN=C(NCCc1ccc(C)c(OC)c1)NCc1csc(N(C)C)n1.I. The first-order valence-corrected chi connectivity index (χ1v) is 9.11. The van der Waals surface area contributed by atoms with E-state index in [9.17, 15) is 0 Å². The van der Waals surface area contributed by atoms with Crippen LogP contribution in [0.4, 0.5) is 5.13 Å². The van der Waals surface area contributed by atoms with E-state index >= 15 is 0 Å². The molecule has 0 fully saturated rings. The van der Waals surface area contributed by atoms with Crippen molar-refractivity contribution in [3.8, 4) is 5.75 Å². The van der Waals surface area contributed by atoms with E-state index in [0.717, 1.165) is 41.1 Å². The summed E-state index contributed by atoms with van der Waals surface area (Å²) in [6, 6.07) is 6.31. The minimum absolute atomic E-state index is 0. The number of halogens is 1. The summed E-state index contributed by atoms with van der Waals surface area (Å²) in [6.07, 6.45) is 0.902. The Morgan fingerprint density at radius 3 is 2.69 bits per heavy atom. The molecule has 1 heterocycles. The van der Waals surface area contributed by atoms with Crippen LogP contribution in [0.5, 0.6) is 5.75 Å². The van der Waals surface area contributed by atoms with Gasteiger partial charge in [-0.15, -0.1) is 35.3 Å². The van der Waals surface area contributed by atoms with Gasteiger partial charge in [0.2, 0.25) is 0 Å². The van der Waals surface area contributed by atoms with Crippen LogP contribution in [0.3, 0.4) is 0 Å². The Kier molecular flexibility index (Phi) is 9.71. The van der Waals surface area contributed by atoms with E-state index in [4.69, 9.17) is 4.74 Å². The molecule has 0 aliphatic heterocycles. The molecule has 0 amide bonds. The van der Waals surface area contributed by atoms with Crippen molar-refractivity contribution in [3.05, 3.63) is 40.4 Å². The van der Waals surface area contributed by atoms with Crippen molar-refractivity contribution < 1.29 is 4.74 Å². The molecule has 1 aromatic carbocycles. The third-order valence-electron chi connectivity index (χ3n) is 3.76. The predicted molar refractivity (Wildman–Crippen MR) is 121 cm³/mol. The fraction of sp³-hybridized carbons (Fsp3) is 0.444. The van der Waals surface area contributed by atoms with Gasteiger partial charge in [0.05, 0.1) is 19.3 Å². The minimum atomic E-state index is 0. The van der Waals surface area contributed by atoms with Crippen molar-refractivity contribution in [3.63, 3.8) is 0 Å². The smallest absolute Gasteiger partial charge is 0.191 e. The number of aryl methyl sites for hydroxylation is 1. The van der Waals surface area contributed by atoms with Crippen LogP contribution in [0, 0.1) is 6.92 Å². The van der Waals surface area contributed by atoms with Gasteiger partial charge < -0.3 is 20.3 Å². The van der Waals surface area contributed by atoms with E-state index in [-0.39, 0.29) is 24.0 Å². The van der Waals surface area contributed by atoms with Crippen molar-refractivity contribution in [1.29, 1.82) is 0 Å². The predicted octanol–water partition coefficient (Wildman–Crippen LogP) is 3.05. The number of anilines is 1. The molecule has 0 radical (unpaired) electrons. The Bertz CT molecular complexity index is 717. The molecular weight excluding hydrogens is 461 g/mol. The third kappa shape index (κ3) is 6.64. The first-order valence-electron chi connectivity index (χ1n) is 8.23. The molecule has 2 aromatic rings. The number of thiazole rings is 1. The van der Waals surface area contributed by atoms with Crippen molar-refractivity contribution in [2.75, 3.05) is 39.7 Å². The fourth-order valence-corrected chi connectivity index (χ4v) is 3.08. The number of aromatic nitrogens is 1. The van der Waals surface area contributed by atoms with Crippen molar-refractivity contribution in [1.82, 2.24) is 15.6 Å². The van der Waals surface area contributed by atoms with Crippen LogP contribution >= 0.6 is 35.3 Å². The largest absolute Gasteiger partial charge is 0.496 e. The van der Waals surface area contributed by atoms with Gasteiger partial charge >= 0.3 is 0 Å². The summed E-state index contributed by atoms with van der Waals surface area (Å²) < 4.78 is 5.37. The molecule has 8 heteroatoms. The highest BCUT2D eigenvalue weighted by atomic mass is 127. The molecule has 26 heavy (non-hydrogen) atoms. The summed E-state index contributed by atoms with van der Waals surface area (Å²) in [5.41, 5.74) is 3.40.